The Labute approximate surface area is 149 Å². The Balaban J connectivity index is 1.62. The molecule has 0 saturated heterocycles. The number of rotatable bonds is 6. The van der Waals surface area contributed by atoms with Gasteiger partial charge < -0.3 is 19.2 Å². The minimum Gasteiger partial charge on any atom is -0.497 e. The summed E-state index contributed by atoms with van der Waals surface area (Å²) in [6, 6.07) is 13.8. The summed E-state index contributed by atoms with van der Waals surface area (Å²) in [6.07, 6.45) is -0.709. The molecule has 0 aliphatic heterocycles. The molecule has 0 bridgehead atoms. The lowest BCUT2D eigenvalue weighted by Gasteiger charge is -2.13. The van der Waals surface area contributed by atoms with E-state index in [9.17, 15) is 9.59 Å². The number of H-pyrrole nitrogens is 1. The van der Waals surface area contributed by atoms with Crippen LogP contribution in [0.4, 0.5) is 0 Å². The van der Waals surface area contributed by atoms with Crippen LogP contribution in [0.15, 0.2) is 53.3 Å². The third kappa shape index (κ3) is 4.00. The van der Waals surface area contributed by atoms with E-state index < -0.39 is 12.1 Å². The van der Waals surface area contributed by atoms with Gasteiger partial charge in [-0.25, -0.2) is 9.78 Å². The van der Waals surface area contributed by atoms with Gasteiger partial charge in [0, 0.05) is 0 Å². The molecule has 2 aromatic carbocycles. The maximum absolute atomic E-state index is 12.1. The summed E-state index contributed by atoms with van der Waals surface area (Å²) in [5.41, 5.74) is 0.270. The standard InChI is InChI=1S/C19H18N2O5/c1-12(18-20-16-6-4-3-5-15(16)19(23)21-18)26-17(22)11-25-14-9-7-13(24-2)8-10-14/h3-10,12H,11H2,1-2H3,(H,20,21,23)/t12-/m0/s1. The van der Waals surface area contributed by atoms with Crippen molar-refractivity contribution in [2.75, 3.05) is 13.7 Å². The number of nitrogens with zero attached hydrogens (tertiary/aromatic N) is 1. The zero-order valence-corrected chi connectivity index (χ0v) is 14.4. The molecule has 0 unspecified atom stereocenters. The van der Waals surface area contributed by atoms with Gasteiger partial charge >= 0.3 is 5.97 Å². The minimum atomic E-state index is -0.709. The van der Waals surface area contributed by atoms with E-state index in [0.29, 0.717) is 22.4 Å². The molecule has 26 heavy (non-hydrogen) atoms. The molecular weight excluding hydrogens is 336 g/mol. The van der Waals surface area contributed by atoms with Gasteiger partial charge in [-0.05, 0) is 43.3 Å². The highest BCUT2D eigenvalue weighted by atomic mass is 16.6. The van der Waals surface area contributed by atoms with E-state index in [1.807, 2.05) is 0 Å². The molecule has 0 amide bonds. The molecular formula is C19H18N2O5. The average molecular weight is 354 g/mol. The number of methoxy groups -OCH3 is 1. The van der Waals surface area contributed by atoms with E-state index in [4.69, 9.17) is 14.2 Å². The molecule has 0 radical (unpaired) electrons. The Kier molecular flexibility index (Phi) is 5.17. The van der Waals surface area contributed by atoms with Crippen LogP contribution >= 0.6 is 0 Å². The second-order valence-corrected chi connectivity index (χ2v) is 5.56. The zero-order valence-electron chi connectivity index (χ0n) is 14.4. The first kappa shape index (κ1) is 17.5. The number of carbonyl (C=O) groups is 1. The summed E-state index contributed by atoms with van der Waals surface area (Å²) in [4.78, 5) is 31.0. The Morgan fingerprint density at radius 1 is 1.12 bits per heavy atom. The molecule has 7 nitrogen and oxygen atoms in total. The monoisotopic (exact) mass is 354 g/mol. The molecule has 3 aromatic rings. The summed E-state index contributed by atoms with van der Waals surface area (Å²) in [7, 11) is 1.57. The Hall–Kier alpha value is -3.35. The second kappa shape index (κ2) is 7.69. The summed E-state index contributed by atoms with van der Waals surface area (Å²) >= 11 is 0. The van der Waals surface area contributed by atoms with Crippen LogP contribution in [-0.4, -0.2) is 29.7 Å². The number of fused-ring (bicyclic) bond motifs is 1. The van der Waals surface area contributed by atoms with Gasteiger partial charge in [-0.3, -0.25) is 4.79 Å². The van der Waals surface area contributed by atoms with Crippen LogP contribution in [0.25, 0.3) is 10.9 Å². The van der Waals surface area contributed by atoms with Gasteiger partial charge in [0.2, 0.25) is 0 Å². The van der Waals surface area contributed by atoms with Crippen LogP contribution in [0.2, 0.25) is 0 Å². The van der Waals surface area contributed by atoms with Gasteiger partial charge in [-0.2, -0.15) is 0 Å². The Bertz CT molecular complexity index is 966. The van der Waals surface area contributed by atoms with E-state index in [1.165, 1.54) is 0 Å². The number of carbonyl (C=O) groups excluding carboxylic acids is 1. The first-order valence-electron chi connectivity index (χ1n) is 8.02. The highest BCUT2D eigenvalue weighted by Gasteiger charge is 2.16. The van der Waals surface area contributed by atoms with E-state index >= 15 is 0 Å². The number of aromatic amines is 1. The molecule has 1 N–H and O–H groups in total. The van der Waals surface area contributed by atoms with Crippen molar-refractivity contribution in [3.05, 3.63) is 64.7 Å². The quantitative estimate of drug-likeness (QED) is 0.684. The van der Waals surface area contributed by atoms with Gasteiger partial charge in [0.25, 0.3) is 5.56 Å². The minimum absolute atomic E-state index is 0.255. The van der Waals surface area contributed by atoms with E-state index in [1.54, 1.807) is 62.6 Å². The molecule has 0 spiro atoms. The van der Waals surface area contributed by atoms with Crippen molar-refractivity contribution >= 4 is 16.9 Å². The number of hydrogen-bond donors (Lipinski definition) is 1. The topological polar surface area (TPSA) is 90.5 Å². The molecule has 0 aliphatic carbocycles. The van der Waals surface area contributed by atoms with Crippen molar-refractivity contribution in [3.63, 3.8) is 0 Å². The third-order valence-corrected chi connectivity index (χ3v) is 3.74. The first-order chi connectivity index (χ1) is 12.6. The maximum atomic E-state index is 12.1. The number of benzene rings is 2. The summed E-state index contributed by atoms with van der Waals surface area (Å²) < 4.78 is 15.7. The number of nitrogens with one attached hydrogen (secondary N) is 1. The van der Waals surface area contributed by atoms with Crippen LogP contribution in [0.1, 0.15) is 18.9 Å². The van der Waals surface area contributed by atoms with E-state index in [-0.39, 0.29) is 18.0 Å². The van der Waals surface area contributed by atoms with Crippen LogP contribution in [0, 0.1) is 0 Å². The van der Waals surface area contributed by atoms with Crippen LogP contribution in [-0.2, 0) is 9.53 Å². The summed E-state index contributed by atoms with van der Waals surface area (Å²) in [6.45, 7) is 1.38. The van der Waals surface area contributed by atoms with Crippen molar-refractivity contribution in [2.24, 2.45) is 0 Å². The normalized spacial score (nSPS) is 11.8. The lowest BCUT2D eigenvalue weighted by Crippen LogP contribution is -2.20. The summed E-state index contributed by atoms with van der Waals surface area (Å²) in [5.74, 6) is 0.933. The highest BCUT2D eigenvalue weighted by molar-refractivity contribution is 5.77. The number of esters is 1. The van der Waals surface area contributed by atoms with Gasteiger partial charge in [0.05, 0.1) is 18.0 Å². The van der Waals surface area contributed by atoms with E-state index in [0.717, 1.165) is 0 Å². The van der Waals surface area contributed by atoms with Crippen LogP contribution in [0.5, 0.6) is 11.5 Å². The molecule has 1 heterocycles. The molecule has 1 atom stereocenters. The fourth-order valence-corrected chi connectivity index (χ4v) is 2.40. The molecule has 134 valence electrons. The third-order valence-electron chi connectivity index (χ3n) is 3.74. The number of aromatic nitrogens is 2. The predicted octanol–water partition coefficient (Wildman–Crippen LogP) is 2.61. The fraction of sp³-hybridized carbons (Fsp3) is 0.211. The van der Waals surface area contributed by atoms with Crippen LogP contribution in [0.3, 0.4) is 0 Å². The van der Waals surface area contributed by atoms with Gasteiger partial charge in [-0.15, -0.1) is 0 Å². The van der Waals surface area contributed by atoms with Crippen molar-refractivity contribution in [3.8, 4) is 11.5 Å². The fourth-order valence-electron chi connectivity index (χ4n) is 2.40. The SMILES string of the molecule is COc1ccc(OCC(=O)O[C@@H](C)c2nc3ccccc3c(=O)[nH]2)cc1. The molecule has 0 fully saturated rings. The molecule has 1 aromatic heterocycles. The zero-order chi connectivity index (χ0) is 18.5. The van der Waals surface area contributed by atoms with Gasteiger partial charge in [0.1, 0.15) is 11.5 Å². The smallest absolute Gasteiger partial charge is 0.344 e. The van der Waals surface area contributed by atoms with Crippen molar-refractivity contribution in [2.45, 2.75) is 13.0 Å². The largest absolute Gasteiger partial charge is 0.497 e. The van der Waals surface area contributed by atoms with E-state index in [2.05, 4.69) is 9.97 Å². The second-order valence-electron chi connectivity index (χ2n) is 5.56. The molecule has 7 heteroatoms. The highest BCUT2D eigenvalue weighted by Crippen LogP contribution is 2.18. The molecule has 0 aliphatic rings. The number of hydrogen-bond acceptors (Lipinski definition) is 6. The maximum Gasteiger partial charge on any atom is 0.344 e. The molecule has 3 rings (SSSR count). The Morgan fingerprint density at radius 3 is 2.54 bits per heavy atom. The molecule has 0 saturated carbocycles. The van der Waals surface area contributed by atoms with Gasteiger partial charge in [0.15, 0.2) is 18.5 Å². The first-order valence-corrected chi connectivity index (χ1v) is 8.02. The van der Waals surface area contributed by atoms with Crippen LogP contribution < -0.4 is 15.0 Å². The average Bonchev–Trinajstić information content (AvgIpc) is 2.66. The lowest BCUT2D eigenvalue weighted by molar-refractivity contribution is -0.151. The lowest BCUT2D eigenvalue weighted by atomic mass is 10.2. The van der Waals surface area contributed by atoms with Crippen molar-refractivity contribution < 1.29 is 19.0 Å². The predicted molar refractivity (Wildman–Crippen MR) is 95.4 cm³/mol. The summed E-state index contributed by atoms with van der Waals surface area (Å²) in [5, 5.41) is 0.484. The van der Waals surface area contributed by atoms with Crippen molar-refractivity contribution in [1.82, 2.24) is 9.97 Å². The van der Waals surface area contributed by atoms with Gasteiger partial charge in [-0.1, -0.05) is 12.1 Å². The Morgan fingerprint density at radius 2 is 1.81 bits per heavy atom. The van der Waals surface area contributed by atoms with Crippen molar-refractivity contribution in [1.29, 1.82) is 0 Å². The number of para-hydroxylation sites is 1. The number of ether oxygens (including phenoxy) is 3.